The number of benzene rings is 1. The van der Waals surface area contributed by atoms with Crippen LogP contribution in [-0.2, 0) is 13.5 Å². The molecule has 3 N–H and O–H groups in total. The summed E-state index contributed by atoms with van der Waals surface area (Å²) >= 11 is 0. The first-order valence-electron chi connectivity index (χ1n) is 5.70. The van der Waals surface area contributed by atoms with Gasteiger partial charge in [-0.1, -0.05) is 12.1 Å². The van der Waals surface area contributed by atoms with Crippen molar-refractivity contribution in [3.05, 3.63) is 45.9 Å². The van der Waals surface area contributed by atoms with E-state index in [0.29, 0.717) is 12.1 Å². The number of hydrogen-bond donors (Lipinski definition) is 2. The second kappa shape index (κ2) is 5.01. The molecule has 0 bridgehead atoms. The van der Waals surface area contributed by atoms with Crippen molar-refractivity contribution in [2.24, 2.45) is 7.05 Å². The van der Waals surface area contributed by atoms with E-state index < -0.39 is 5.56 Å². The number of anilines is 1. The first-order valence-corrected chi connectivity index (χ1v) is 5.70. The number of methoxy groups -OCH3 is 1. The molecule has 0 radical (unpaired) electrons. The predicted molar refractivity (Wildman–Crippen MR) is 71.4 cm³/mol. The van der Waals surface area contributed by atoms with Crippen LogP contribution in [0.1, 0.15) is 11.3 Å². The first kappa shape index (κ1) is 12.9. The second-order valence-electron chi connectivity index (χ2n) is 4.16. The molecule has 100 valence electrons. The molecule has 0 saturated heterocycles. The average Bonchev–Trinajstić information content (AvgIpc) is 2.43. The molecule has 2 aromatic rings. The summed E-state index contributed by atoms with van der Waals surface area (Å²) in [4.78, 5) is 11.5. The van der Waals surface area contributed by atoms with E-state index in [2.05, 4.69) is 5.10 Å². The minimum atomic E-state index is -0.504. The minimum Gasteiger partial charge on any atom is -0.504 e. The normalized spacial score (nSPS) is 10.4. The van der Waals surface area contributed by atoms with E-state index >= 15 is 0 Å². The van der Waals surface area contributed by atoms with Crippen LogP contribution in [0.3, 0.4) is 0 Å². The third-order valence-electron chi connectivity index (χ3n) is 2.85. The molecule has 6 heteroatoms. The van der Waals surface area contributed by atoms with Gasteiger partial charge in [-0.2, -0.15) is 5.10 Å². The zero-order chi connectivity index (χ0) is 14.0. The van der Waals surface area contributed by atoms with Crippen LogP contribution in [0.4, 0.5) is 5.69 Å². The Bertz CT molecular complexity index is 647. The SMILES string of the molecule is COc1ccc(Cc2nn(C)c(=O)c(N)c2O)cc1. The fourth-order valence-electron chi connectivity index (χ4n) is 1.76. The minimum absolute atomic E-state index is 0.180. The highest BCUT2D eigenvalue weighted by atomic mass is 16.5. The van der Waals surface area contributed by atoms with Gasteiger partial charge < -0.3 is 15.6 Å². The fourth-order valence-corrected chi connectivity index (χ4v) is 1.76. The maximum absolute atomic E-state index is 11.5. The molecular formula is C13H15N3O3. The second-order valence-corrected chi connectivity index (χ2v) is 4.16. The molecule has 19 heavy (non-hydrogen) atoms. The number of ether oxygens (including phenoxy) is 1. The van der Waals surface area contributed by atoms with Crippen LogP contribution in [0, 0.1) is 0 Å². The third-order valence-corrected chi connectivity index (χ3v) is 2.85. The Morgan fingerprint density at radius 1 is 1.37 bits per heavy atom. The number of aryl methyl sites for hydroxylation is 1. The summed E-state index contributed by atoms with van der Waals surface area (Å²) in [7, 11) is 3.09. The molecule has 6 nitrogen and oxygen atoms in total. The van der Waals surface area contributed by atoms with Crippen LogP contribution in [0.15, 0.2) is 29.1 Å². The molecule has 0 aliphatic carbocycles. The molecule has 0 amide bonds. The van der Waals surface area contributed by atoms with Crippen molar-refractivity contribution in [3.8, 4) is 11.5 Å². The van der Waals surface area contributed by atoms with Crippen molar-refractivity contribution >= 4 is 5.69 Å². The van der Waals surface area contributed by atoms with Gasteiger partial charge in [0, 0.05) is 13.5 Å². The van der Waals surface area contributed by atoms with Gasteiger partial charge in [-0.25, -0.2) is 4.68 Å². The highest BCUT2D eigenvalue weighted by Gasteiger charge is 2.13. The molecule has 0 fully saturated rings. The van der Waals surface area contributed by atoms with Gasteiger partial charge in [0.2, 0.25) is 0 Å². The van der Waals surface area contributed by atoms with E-state index in [1.54, 1.807) is 7.11 Å². The first-order chi connectivity index (χ1) is 9.02. The number of hydrogen-bond acceptors (Lipinski definition) is 5. The summed E-state index contributed by atoms with van der Waals surface area (Å²) in [5, 5.41) is 13.9. The Labute approximate surface area is 110 Å². The van der Waals surface area contributed by atoms with Crippen LogP contribution >= 0.6 is 0 Å². The summed E-state index contributed by atoms with van der Waals surface area (Å²) in [6, 6.07) is 7.36. The topological polar surface area (TPSA) is 90.4 Å². The quantitative estimate of drug-likeness (QED) is 0.847. The van der Waals surface area contributed by atoms with Crippen molar-refractivity contribution in [1.29, 1.82) is 0 Å². The standard InChI is InChI=1S/C13H15N3O3/c1-16-13(18)11(14)12(17)10(15-16)7-8-3-5-9(19-2)6-4-8/h3-6,17H,7,14H2,1-2H3. The van der Waals surface area contributed by atoms with E-state index in [1.165, 1.54) is 7.05 Å². The lowest BCUT2D eigenvalue weighted by Gasteiger charge is -2.08. The zero-order valence-electron chi connectivity index (χ0n) is 10.8. The number of nitrogens with zero attached hydrogens (tertiary/aromatic N) is 2. The van der Waals surface area contributed by atoms with Gasteiger partial charge in [0.15, 0.2) is 5.75 Å². The molecule has 0 aliphatic rings. The van der Waals surface area contributed by atoms with E-state index in [9.17, 15) is 9.90 Å². The molecule has 0 saturated carbocycles. The summed E-state index contributed by atoms with van der Waals surface area (Å²) in [5.41, 5.74) is 6.15. The Morgan fingerprint density at radius 2 is 2.00 bits per heavy atom. The molecule has 0 spiro atoms. The number of nitrogens with two attached hydrogens (primary N) is 1. The lowest BCUT2D eigenvalue weighted by Crippen LogP contribution is -2.24. The molecule has 1 aromatic carbocycles. The fraction of sp³-hybridized carbons (Fsp3) is 0.231. The molecule has 1 aromatic heterocycles. The number of nitrogen functional groups attached to an aromatic ring is 1. The van der Waals surface area contributed by atoms with E-state index in [0.717, 1.165) is 16.0 Å². The van der Waals surface area contributed by atoms with Gasteiger partial charge in [0.1, 0.15) is 17.1 Å². The van der Waals surface area contributed by atoms with Crippen LogP contribution in [0.5, 0.6) is 11.5 Å². The van der Waals surface area contributed by atoms with E-state index in [-0.39, 0.29) is 11.4 Å². The average molecular weight is 261 g/mol. The smallest absolute Gasteiger partial charge is 0.293 e. The maximum atomic E-state index is 11.5. The van der Waals surface area contributed by atoms with Gasteiger partial charge in [0.05, 0.1) is 7.11 Å². The Kier molecular flexibility index (Phi) is 3.41. The lowest BCUT2D eigenvalue weighted by molar-refractivity contribution is 0.414. The monoisotopic (exact) mass is 261 g/mol. The largest absolute Gasteiger partial charge is 0.504 e. The number of aromatic hydroxyl groups is 1. The summed E-state index contributed by atoms with van der Waals surface area (Å²) in [6.07, 6.45) is 0.383. The van der Waals surface area contributed by atoms with Gasteiger partial charge >= 0.3 is 0 Å². The maximum Gasteiger partial charge on any atom is 0.293 e. The van der Waals surface area contributed by atoms with E-state index in [4.69, 9.17) is 10.5 Å². The highest BCUT2D eigenvalue weighted by molar-refractivity contribution is 5.52. The molecular weight excluding hydrogens is 246 g/mol. The van der Waals surface area contributed by atoms with Crippen molar-refractivity contribution in [2.75, 3.05) is 12.8 Å². The Morgan fingerprint density at radius 3 is 2.58 bits per heavy atom. The molecule has 2 rings (SSSR count). The van der Waals surface area contributed by atoms with Gasteiger partial charge in [-0.05, 0) is 17.7 Å². The van der Waals surface area contributed by atoms with Crippen molar-refractivity contribution < 1.29 is 9.84 Å². The molecule has 0 unspecified atom stereocenters. The predicted octanol–water partition coefficient (Wildman–Crippen LogP) is 0.667. The van der Waals surface area contributed by atoms with Crippen molar-refractivity contribution in [1.82, 2.24) is 9.78 Å². The van der Waals surface area contributed by atoms with Gasteiger partial charge in [0.25, 0.3) is 5.56 Å². The summed E-state index contributed by atoms with van der Waals surface area (Å²) in [5.74, 6) is 0.500. The third kappa shape index (κ3) is 2.52. The highest BCUT2D eigenvalue weighted by Crippen LogP contribution is 2.22. The molecule has 0 atom stereocenters. The summed E-state index contributed by atoms with van der Waals surface area (Å²) < 4.78 is 6.19. The summed E-state index contributed by atoms with van der Waals surface area (Å²) in [6.45, 7) is 0. The Balaban J connectivity index is 2.35. The van der Waals surface area contributed by atoms with Crippen molar-refractivity contribution in [2.45, 2.75) is 6.42 Å². The van der Waals surface area contributed by atoms with Gasteiger partial charge in [-0.3, -0.25) is 4.79 Å². The zero-order valence-corrected chi connectivity index (χ0v) is 10.8. The van der Waals surface area contributed by atoms with Crippen LogP contribution in [-0.4, -0.2) is 22.0 Å². The van der Waals surface area contributed by atoms with E-state index in [1.807, 2.05) is 24.3 Å². The number of aromatic nitrogens is 2. The van der Waals surface area contributed by atoms with Crippen LogP contribution in [0.2, 0.25) is 0 Å². The lowest BCUT2D eigenvalue weighted by atomic mass is 10.1. The molecule has 0 aliphatic heterocycles. The van der Waals surface area contributed by atoms with Crippen LogP contribution in [0.25, 0.3) is 0 Å². The molecule has 1 heterocycles. The van der Waals surface area contributed by atoms with Crippen molar-refractivity contribution in [3.63, 3.8) is 0 Å². The van der Waals surface area contributed by atoms with Crippen LogP contribution < -0.4 is 16.0 Å². The van der Waals surface area contributed by atoms with Gasteiger partial charge in [-0.15, -0.1) is 0 Å². The number of rotatable bonds is 3. The Hall–Kier alpha value is -2.50.